The third-order valence-electron chi connectivity index (χ3n) is 9.09. The van der Waals surface area contributed by atoms with Crippen molar-refractivity contribution in [1.82, 2.24) is 9.78 Å². The van der Waals surface area contributed by atoms with Gasteiger partial charge in [0.2, 0.25) is 0 Å². The second-order valence-electron chi connectivity index (χ2n) is 11.6. The molecule has 196 valence electrons. The molecule has 0 aliphatic heterocycles. The first kappa shape index (κ1) is 23.9. The van der Waals surface area contributed by atoms with Crippen LogP contribution in [0.25, 0.3) is 11.1 Å². The number of carbonyl (C=O) groups excluding carboxylic acids is 1. The van der Waals surface area contributed by atoms with Crippen molar-refractivity contribution in [1.29, 1.82) is 0 Å². The van der Waals surface area contributed by atoms with Crippen LogP contribution in [0.5, 0.6) is 0 Å². The minimum atomic E-state index is -1.02. The highest BCUT2D eigenvalue weighted by Crippen LogP contribution is 2.59. The normalized spacial score (nSPS) is 25.0. The number of anilines is 2. The van der Waals surface area contributed by atoms with E-state index in [-0.39, 0.29) is 22.7 Å². The molecule has 6 nitrogen and oxygen atoms in total. The monoisotopic (exact) mass is 517 g/mol. The minimum absolute atomic E-state index is 0.107. The largest absolute Gasteiger partial charge is 0.478 e. The van der Waals surface area contributed by atoms with Crippen molar-refractivity contribution >= 4 is 23.3 Å². The van der Waals surface area contributed by atoms with Gasteiger partial charge in [0.05, 0.1) is 11.1 Å². The van der Waals surface area contributed by atoms with Gasteiger partial charge in [-0.05, 0) is 86.6 Å². The van der Waals surface area contributed by atoms with Crippen LogP contribution in [-0.4, -0.2) is 26.8 Å². The maximum Gasteiger partial charge on any atom is 0.336 e. The summed E-state index contributed by atoms with van der Waals surface area (Å²) >= 11 is 0. The van der Waals surface area contributed by atoms with Crippen LogP contribution in [0.2, 0.25) is 0 Å². The fourth-order valence-electron chi connectivity index (χ4n) is 7.87. The van der Waals surface area contributed by atoms with Gasteiger partial charge in [-0.1, -0.05) is 54.6 Å². The molecule has 1 N–H and O–H groups in total. The molecular weight excluding hydrogens is 486 g/mol. The number of rotatable bonds is 6. The van der Waals surface area contributed by atoms with Crippen LogP contribution in [0.1, 0.15) is 59.4 Å². The molecule has 39 heavy (non-hydrogen) atoms. The summed E-state index contributed by atoms with van der Waals surface area (Å²) in [6, 6.07) is 26.1. The first-order chi connectivity index (χ1) is 19.0. The summed E-state index contributed by atoms with van der Waals surface area (Å²) in [5.41, 5.74) is 2.90. The number of hydrogen-bond donors (Lipinski definition) is 1. The lowest BCUT2D eigenvalue weighted by Crippen LogP contribution is -2.52. The van der Waals surface area contributed by atoms with Crippen LogP contribution in [0.3, 0.4) is 0 Å². The molecule has 0 spiro atoms. The minimum Gasteiger partial charge on any atom is -0.478 e. The van der Waals surface area contributed by atoms with Gasteiger partial charge >= 0.3 is 5.97 Å². The average Bonchev–Trinajstić information content (AvgIpc) is 3.40. The molecule has 8 rings (SSSR count). The Morgan fingerprint density at radius 3 is 1.79 bits per heavy atom. The lowest BCUT2D eigenvalue weighted by atomic mass is 9.53. The molecule has 4 saturated carbocycles. The molecule has 6 heteroatoms. The number of aromatic carboxylic acids is 1. The van der Waals surface area contributed by atoms with Crippen molar-refractivity contribution in [3.05, 3.63) is 102 Å². The van der Waals surface area contributed by atoms with Gasteiger partial charge in [0.1, 0.15) is 0 Å². The number of carboxylic acid groups (broad SMARTS) is 1. The zero-order valence-corrected chi connectivity index (χ0v) is 21.7. The molecule has 4 fully saturated rings. The molecule has 4 aromatic rings. The van der Waals surface area contributed by atoms with Gasteiger partial charge in [-0.25, -0.2) is 4.79 Å². The Bertz CT molecular complexity index is 1470. The number of amides is 1. The molecular formula is C33H31N3O3. The van der Waals surface area contributed by atoms with Gasteiger partial charge in [0.15, 0.2) is 5.69 Å². The predicted molar refractivity (Wildman–Crippen MR) is 150 cm³/mol. The smallest absolute Gasteiger partial charge is 0.336 e. The van der Waals surface area contributed by atoms with Crippen LogP contribution in [0.4, 0.5) is 11.4 Å². The molecule has 0 unspecified atom stereocenters. The van der Waals surface area contributed by atoms with E-state index >= 15 is 0 Å². The topological polar surface area (TPSA) is 75.4 Å². The van der Waals surface area contributed by atoms with Gasteiger partial charge in [0.25, 0.3) is 5.91 Å². The van der Waals surface area contributed by atoms with Gasteiger partial charge in [-0.15, -0.1) is 0 Å². The molecule has 1 aromatic heterocycles. The summed E-state index contributed by atoms with van der Waals surface area (Å²) < 4.78 is 2.06. The van der Waals surface area contributed by atoms with E-state index in [4.69, 9.17) is 5.10 Å². The van der Waals surface area contributed by atoms with Gasteiger partial charge in [-0.2, -0.15) is 5.10 Å². The summed E-state index contributed by atoms with van der Waals surface area (Å²) in [7, 11) is 0. The van der Waals surface area contributed by atoms with Crippen molar-refractivity contribution < 1.29 is 14.7 Å². The Morgan fingerprint density at radius 1 is 0.744 bits per heavy atom. The molecule has 3 aromatic carbocycles. The molecule has 0 atom stereocenters. The second-order valence-corrected chi connectivity index (χ2v) is 11.6. The van der Waals surface area contributed by atoms with Crippen LogP contribution >= 0.6 is 0 Å². The summed E-state index contributed by atoms with van der Waals surface area (Å²) in [4.78, 5) is 28.5. The van der Waals surface area contributed by atoms with Crippen molar-refractivity contribution in [3.63, 3.8) is 0 Å². The maximum absolute atomic E-state index is 14.6. The van der Waals surface area contributed by atoms with E-state index in [1.165, 1.54) is 19.3 Å². The number of carboxylic acids is 1. The van der Waals surface area contributed by atoms with E-state index < -0.39 is 5.97 Å². The Hall–Kier alpha value is -4.19. The van der Waals surface area contributed by atoms with Gasteiger partial charge in [0, 0.05) is 28.7 Å². The second kappa shape index (κ2) is 9.23. The Kier molecular flexibility index (Phi) is 5.65. The number of benzene rings is 3. The Balaban J connectivity index is 1.41. The van der Waals surface area contributed by atoms with Crippen molar-refractivity contribution in [2.75, 3.05) is 4.90 Å². The number of nitrogens with zero attached hydrogens (tertiary/aromatic N) is 3. The molecule has 0 radical (unpaired) electrons. The third-order valence-corrected chi connectivity index (χ3v) is 9.09. The lowest BCUT2D eigenvalue weighted by Gasteiger charge is -2.56. The first-order valence-corrected chi connectivity index (χ1v) is 13.9. The van der Waals surface area contributed by atoms with Crippen LogP contribution in [0.15, 0.2) is 91.1 Å². The highest BCUT2D eigenvalue weighted by molar-refractivity contribution is 6.13. The van der Waals surface area contributed by atoms with Crippen LogP contribution < -0.4 is 4.90 Å². The molecule has 4 bridgehead atoms. The van der Waals surface area contributed by atoms with E-state index in [2.05, 4.69) is 4.68 Å². The number of aromatic nitrogens is 2. The van der Waals surface area contributed by atoms with E-state index in [0.717, 1.165) is 30.6 Å². The fraction of sp³-hybridized carbons (Fsp3) is 0.303. The molecule has 1 heterocycles. The van der Waals surface area contributed by atoms with Gasteiger partial charge in [-0.3, -0.25) is 14.4 Å². The summed E-state index contributed by atoms with van der Waals surface area (Å²) in [6.07, 6.45) is 9.11. The predicted octanol–water partition coefficient (Wildman–Crippen LogP) is 7.15. The quantitative estimate of drug-likeness (QED) is 0.295. The zero-order valence-electron chi connectivity index (χ0n) is 21.7. The van der Waals surface area contributed by atoms with Crippen LogP contribution in [0, 0.1) is 17.8 Å². The number of hydrogen-bond acceptors (Lipinski definition) is 3. The summed E-state index contributed by atoms with van der Waals surface area (Å²) in [6.45, 7) is 0. The van der Waals surface area contributed by atoms with Crippen molar-refractivity contribution in [3.8, 4) is 11.1 Å². The zero-order chi connectivity index (χ0) is 26.6. The van der Waals surface area contributed by atoms with E-state index in [9.17, 15) is 14.7 Å². The van der Waals surface area contributed by atoms with Crippen molar-refractivity contribution in [2.24, 2.45) is 17.8 Å². The van der Waals surface area contributed by atoms with E-state index in [0.29, 0.717) is 28.9 Å². The van der Waals surface area contributed by atoms with E-state index in [1.807, 2.05) is 72.9 Å². The fourth-order valence-corrected chi connectivity index (χ4v) is 7.87. The first-order valence-electron chi connectivity index (χ1n) is 13.9. The average molecular weight is 518 g/mol. The Labute approximate surface area is 227 Å². The molecule has 0 saturated heterocycles. The lowest BCUT2D eigenvalue weighted by molar-refractivity contribution is -0.0494. The molecule has 4 aliphatic rings. The molecule has 1 amide bonds. The Morgan fingerprint density at radius 2 is 1.26 bits per heavy atom. The summed E-state index contributed by atoms with van der Waals surface area (Å²) in [5, 5.41) is 15.1. The third kappa shape index (κ3) is 4.06. The highest BCUT2D eigenvalue weighted by Gasteiger charge is 2.52. The standard InChI is InChI=1S/C33H31N3O3/c37-31(36(25-9-3-1-4-10-25)26-11-5-2-6-12-26)30-29(27-13-7-8-14-28(27)32(38)39)21-35(34-30)33-18-22-15-23(19-33)17-24(16-22)20-33/h1-14,21-24H,15-20H2,(H,38,39). The molecule has 4 aliphatic carbocycles. The maximum atomic E-state index is 14.6. The number of para-hydroxylation sites is 2. The van der Waals surface area contributed by atoms with Gasteiger partial charge < -0.3 is 5.11 Å². The van der Waals surface area contributed by atoms with Crippen LogP contribution in [-0.2, 0) is 5.54 Å². The van der Waals surface area contributed by atoms with Crippen molar-refractivity contribution in [2.45, 2.75) is 44.1 Å². The summed E-state index contributed by atoms with van der Waals surface area (Å²) in [5.74, 6) is 0.832. The SMILES string of the molecule is O=C(O)c1ccccc1-c1cn(C23CC4CC(CC(C4)C2)C3)nc1C(=O)N(c1ccccc1)c1ccccc1. The number of carbonyl (C=O) groups is 2. The highest BCUT2D eigenvalue weighted by atomic mass is 16.4. The van der Waals surface area contributed by atoms with E-state index in [1.54, 1.807) is 23.1 Å².